The number of aromatic nitrogens is 1. The number of hydrogen-bond donors (Lipinski definition) is 1. The maximum Gasteiger partial charge on any atom is 0.254 e. The zero-order valence-electron chi connectivity index (χ0n) is 23.4. The van der Waals surface area contributed by atoms with E-state index in [0.29, 0.717) is 48.9 Å². The van der Waals surface area contributed by atoms with Crippen LogP contribution in [0.4, 0.5) is 0 Å². The van der Waals surface area contributed by atoms with E-state index in [1.807, 2.05) is 54.3 Å². The summed E-state index contributed by atoms with van der Waals surface area (Å²) in [6.45, 7) is 5.40. The van der Waals surface area contributed by atoms with Crippen molar-refractivity contribution in [3.05, 3.63) is 77.0 Å². The molecule has 0 aliphatic rings. The number of carbonyl (C=O) groups is 1. The van der Waals surface area contributed by atoms with E-state index in [0.717, 1.165) is 39.2 Å². The Kier molecular flexibility index (Phi) is 8.86. The van der Waals surface area contributed by atoms with Crippen LogP contribution in [0.2, 0.25) is 0 Å². The number of ether oxygens (including phenoxy) is 5. The molecule has 0 aliphatic heterocycles. The van der Waals surface area contributed by atoms with Gasteiger partial charge in [0.2, 0.25) is 5.75 Å². The molecule has 0 radical (unpaired) electrons. The van der Waals surface area contributed by atoms with Crippen LogP contribution >= 0.6 is 0 Å². The van der Waals surface area contributed by atoms with Gasteiger partial charge >= 0.3 is 0 Å². The lowest BCUT2D eigenvalue weighted by Gasteiger charge is -2.24. The van der Waals surface area contributed by atoms with E-state index in [2.05, 4.69) is 11.9 Å². The Morgan fingerprint density at radius 2 is 1.51 bits per heavy atom. The van der Waals surface area contributed by atoms with Crippen molar-refractivity contribution < 1.29 is 28.5 Å². The number of nitrogens with one attached hydrogen (secondary N) is 1. The molecule has 3 aromatic carbocycles. The number of aromatic amines is 1. The first-order valence-electron chi connectivity index (χ1n) is 12.9. The van der Waals surface area contributed by atoms with Crippen molar-refractivity contribution in [1.29, 1.82) is 0 Å². The Balaban J connectivity index is 1.68. The van der Waals surface area contributed by atoms with Crippen molar-refractivity contribution in [3.8, 4) is 28.7 Å². The molecule has 1 aromatic heterocycles. The van der Waals surface area contributed by atoms with Crippen LogP contribution in [0.15, 0.2) is 54.6 Å². The lowest BCUT2D eigenvalue weighted by molar-refractivity contribution is 0.0744. The molecule has 4 rings (SSSR count). The second-order valence-electron chi connectivity index (χ2n) is 9.11. The summed E-state index contributed by atoms with van der Waals surface area (Å²) in [4.78, 5) is 19.1. The fourth-order valence-electron chi connectivity index (χ4n) is 4.80. The third-order valence-corrected chi connectivity index (χ3v) is 6.76. The van der Waals surface area contributed by atoms with Gasteiger partial charge in [-0.15, -0.1) is 0 Å². The average Bonchev–Trinajstić information content (AvgIpc) is 3.28. The normalized spacial score (nSPS) is 10.8. The van der Waals surface area contributed by atoms with E-state index in [4.69, 9.17) is 23.7 Å². The van der Waals surface area contributed by atoms with Gasteiger partial charge in [-0.1, -0.05) is 0 Å². The third kappa shape index (κ3) is 6.06. The smallest absolute Gasteiger partial charge is 0.254 e. The van der Waals surface area contributed by atoms with Gasteiger partial charge < -0.3 is 33.6 Å². The SMILES string of the molecule is CCOc1ccc(C(=O)N(CCc2c(C)[nH]c3ccc(OC)cc23)Cc2cc(OC)c(OC)c(OC)c2)cc1. The van der Waals surface area contributed by atoms with Crippen molar-refractivity contribution in [2.75, 3.05) is 41.6 Å². The highest BCUT2D eigenvalue weighted by molar-refractivity contribution is 5.94. The van der Waals surface area contributed by atoms with E-state index < -0.39 is 0 Å². The van der Waals surface area contributed by atoms with Crippen molar-refractivity contribution in [2.45, 2.75) is 26.8 Å². The number of aryl methyl sites for hydroxylation is 1. The summed E-state index contributed by atoms with van der Waals surface area (Å²) in [6, 6.07) is 17.0. The third-order valence-electron chi connectivity index (χ3n) is 6.76. The molecule has 4 aromatic rings. The monoisotopic (exact) mass is 532 g/mol. The van der Waals surface area contributed by atoms with Crippen LogP contribution < -0.4 is 23.7 Å². The number of amides is 1. The van der Waals surface area contributed by atoms with Gasteiger partial charge in [-0.2, -0.15) is 0 Å². The Morgan fingerprint density at radius 1 is 0.846 bits per heavy atom. The molecule has 0 saturated heterocycles. The number of benzene rings is 3. The minimum Gasteiger partial charge on any atom is -0.497 e. The second-order valence-corrected chi connectivity index (χ2v) is 9.11. The fraction of sp³-hybridized carbons (Fsp3) is 0.323. The largest absolute Gasteiger partial charge is 0.497 e. The van der Waals surface area contributed by atoms with Crippen molar-refractivity contribution in [2.24, 2.45) is 0 Å². The molecule has 0 aliphatic carbocycles. The van der Waals surface area contributed by atoms with Gasteiger partial charge in [0.05, 0.1) is 35.0 Å². The Hall–Kier alpha value is -4.33. The minimum atomic E-state index is -0.0816. The first-order valence-corrected chi connectivity index (χ1v) is 12.9. The van der Waals surface area contributed by atoms with E-state index in [1.165, 1.54) is 0 Å². The highest BCUT2D eigenvalue weighted by atomic mass is 16.5. The summed E-state index contributed by atoms with van der Waals surface area (Å²) in [5.41, 5.74) is 4.71. The molecular formula is C31H36N2O6. The second kappa shape index (κ2) is 12.5. The topological polar surface area (TPSA) is 82.3 Å². The number of H-pyrrole nitrogens is 1. The molecule has 0 fully saturated rings. The highest BCUT2D eigenvalue weighted by Gasteiger charge is 2.21. The first kappa shape index (κ1) is 27.7. The first-order chi connectivity index (χ1) is 18.9. The predicted molar refractivity (Wildman–Crippen MR) is 152 cm³/mol. The van der Waals surface area contributed by atoms with Crippen LogP contribution in [-0.4, -0.2) is 57.4 Å². The summed E-state index contributed by atoms with van der Waals surface area (Å²) in [6.07, 6.45) is 0.659. The van der Waals surface area contributed by atoms with Gasteiger partial charge in [-0.3, -0.25) is 4.79 Å². The van der Waals surface area contributed by atoms with Crippen LogP contribution in [-0.2, 0) is 13.0 Å². The van der Waals surface area contributed by atoms with Gasteiger partial charge in [0, 0.05) is 35.2 Å². The Morgan fingerprint density at radius 3 is 2.10 bits per heavy atom. The summed E-state index contributed by atoms with van der Waals surface area (Å²) in [5, 5.41) is 1.09. The molecule has 1 amide bonds. The summed E-state index contributed by atoms with van der Waals surface area (Å²) in [7, 11) is 6.39. The summed E-state index contributed by atoms with van der Waals surface area (Å²) < 4.78 is 27.6. The van der Waals surface area contributed by atoms with Crippen LogP contribution in [0.25, 0.3) is 10.9 Å². The van der Waals surface area contributed by atoms with Crippen LogP contribution in [0.5, 0.6) is 28.7 Å². The number of hydrogen-bond acceptors (Lipinski definition) is 6. The average molecular weight is 533 g/mol. The molecule has 1 N–H and O–H groups in total. The zero-order chi connectivity index (χ0) is 27.9. The molecule has 1 heterocycles. The van der Waals surface area contributed by atoms with Crippen LogP contribution in [0.3, 0.4) is 0 Å². The Labute approximate surface area is 229 Å². The standard InChI is InChI=1S/C31H36N2O6/c1-7-39-23-10-8-22(9-11-23)31(34)33(19-21-16-28(36-4)30(38-6)29(17-21)37-5)15-14-25-20(2)32-27-13-12-24(35-3)18-26(25)27/h8-13,16-18,32H,7,14-15,19H2,1-6H3. The molecule has 39 heavy (non-hydrogen) atoms. The highest BCUT2D eigenvalue weighted by Crippen LogP contribution is 2.38. The van der Waals surface area contributed by atoms with Gasteiger partial charge in [-0.05, 0) is 86.0 Å². The molecular weight excluding hydrogens is 496 g/mol. The lowest BCUT2D eigenvalue weighted by Crippen LogP contribution is -2.32. The molecule has 0 atom stereocenters. The van der Waals surface area contributed by atoms with E-state index >= 15 is 0 Å². The molecule has 8 heteroatoms. The quantitative estimate of drug-likeness (QED) is 0.249. The van der Waals surface area contributed by atoms with Crippen molar-refractivity contribution in [3.63, 3.8) is 0 Å². The van der Waals surface area contributed by atoms with Gasteiger partial charge in [0.1, 0.15) is 11.5 Å². The number of rotatable bonds is 12. The van der Waals surface area contributed by atoms with E-state index in [1.54, 1.807) is 40.6 Å². The molecule has 206 valence electrons. The molecule has 0 spiro atoms. The summed E-state index contributed by atoms with van der Waals surface area (Å²) in [5.74, 6) is 3.04. The van der Waals surface area contributed by atoms with Crippen molar-refractivity contribution >= 4 is 16.8 Å². The van der Waals surface area contributed by atoms with Crippen molar-refractivity contribution in [1.82, 2.24) is 9.88 Å². The minimum absolute atomic E-state index is 0.0816. The summed E-state index contributed by atoms with van der Waals surface area (Å²) >= 11 is 0. The number of fused-ring (bicyclic) bond motifs is 1. The molecule has 0 saturated carbocycles. The zero-order valence-corrected chi connectivity index (χ0v) is 23.4. The maximum absolute atomic E-state index is 13.8. The lowest BCUT2D eigenvalue weighted by atomic mass is 10.1. The van der Waals surface area contributed by atoms with Gasteiger partial charge in [0.25, 0.3) is 5.91 Å². The van der Waals surface area contributed by atoms with Crippen LogP contribution in [0, 0.1) is 6.92 Å². The van der Waals surface area contributed by atoms with E-state index in [-0.39, 0.29) is 5.91 Å². The number of methoxy groups -OCH3 is 4. The number of carbonyl (C=O) groups excluding carboxylic acids is 1. The Bertz CT molecular complexity index is 1400. The molecule has 0 bridgehead atoms. The fourth-order valence-corrected chi connectivity index (χ4v) is 4.80. The molecule has 0 unspecified atom stereocenters. The van der Waals surface area contributed by atoms with Crippen LogP contribution in [0.1, 0.15) is 34.1 Å². The molecule has 8 nitrogen and oxygen atoms in total. The predicted octanol–water partition coefficient (Wildman–Crippen LogP) is 5.79. The number of nitrogens with zero attached hydrogens (tertiary/aromatic N) is 1. The van der Waals surface area contributed by atoms with E-state index in [9.17, 15) is 4.79 Å². The maximum atomic E-state index is 13.8. The van der Waals surface area contributed by atoms with Gasteiger partial charge in [0.15, 0.2) is 11.5 Å². The van der Waals surface area contributed by atoms with Gasteiger partial charge in [-0.25, -0.2) is 0 Å².